The van der Waals surface area contributed by atoms with Crippen molar-refractivity contribution in [3.8, 4) is 11.8 Å². The molecule has 0 aromatic heterocycles. The van der Waals surface area contributed by atoms with Gasteiger partial charge in [0.25, 0.3) is 0 Å². The Hall–Kier alpha value is -0.890. The summed E-state index contributed by atoms with van der Waals surface area (Å²) in [6.07, 6.45) is 0.787. The number of hydrogen-bond donors (Lipinski definition) is 2. The van der Waals surface area contributed by atoms with E-state index in [2.05, 4.69) is 33.1 Å². The van der Waals surface area contributed by atoms with Gasteiger partial charge in [0.1, 0.15) is 5.82 Å². The highest BCUT2D eigenvalue weighted by Crippen LogP contribution is 2.20. The third kappa shape index (κ3) is 4.47. The third-order valence-electron chi connectivity index (χ3n) is 2.40. The second-order valence-corrected chi connectivity index (χ2v) is 4.45. The maximum atomic E-state index is 13.1. The number of rotatable bonds is 5. The Labute approximate surface area is 110 Å². The van der Waals surface area contributed by atoms with Crippen LogP contribution < -0.4 is 11.1 Å². The number of nitrogens with one attached hydrogen (secondary N) is 1. The van der Waals surface area contributed by atoms with Gasteiger partial charge in [0.15, 0.2) is 0 Å². The fourth-order valence-corrected chi connectivity index (χ4v) is 1.90. The normalized spacial score (nSPS) is 11.8. The van der Waals surface area contributed by atoms with Crippen LogP contribution in [0.3, 0.4) is 0 Å². The van der Waals surface area contributed by atoms with Crippen LogP contribution in [-0.4, -0.2) is 13.1 Å². The highest BCUT2D eigenvalue weighted by Gasteiger charge is 2.10. The molecule has 0 radical (unpaired) electrons. The predicted octanol–water partition coefficient (Wildman–Crippen LogP) is 2.59. The molecule has 92 valence electrons. The molecule has 2 nitrogen and oxygen atoms in total. The number of nitrogens with two attached hydrogens (primary N) is 1. The van der Waals surface area contributed by atoms with Crippen LogP contribution >= 0.6 is 15.9 Å². The molecule has 0 aliphatic rings. The van der Waals surface area contributed by atoms with Crippen LogP contribution in [0.1, 0.15) is 24.9 Å². The molecule has 4 heteroatoms. The van der Waals surface area contributed by atoms with Gasteiger partial charge < -0.3 is 11.1 Å². The van der Waals surface area contributed by atoms with Gasteiger partial charge in [-0.1, -0.05) is 6.07 Å². The van der Waals surface area contributed by atoms with Crippen molar-refractivity contribution in [3.63, 3.8) is 0 Å². The monoisotopic (exact) mass is 298 g/mol. The minimum absolute atomic E-state index is 0.0329. The van der Waals surface area contributed by atoms with E-state index in [-0.39, 0.29) is 11.9 Å². The van der Waals surface area contributed by atoms with E-state index in [9.17, 15) is 4.39 Å². The number of benzene rings is 1. The molecule has 1 unspecified atom stereocenters. The second-order valence-electron chi connectivity index (χ2n) is 3.59. The smallest absolute Gasteiger partial charge is 0.137 e. The van der Waals surface area contributed by atoms with E-state index >= 15 is 0 Å². The van der Waals surface area contributed by atoms with Crippen LogP contribution in [0.2, 0.25) is 0 Å². The van der Waals surface area contributed by atoms with Gasteiger partial charge >= 0.3 is 0 Å². The summed E-state index contributed by atoms with van der Waals surface area (Å²) in [5, 5.41) is 3.30. The molecule has 1 atom stereocenters. The maximum Gasteiger partial charge on any atom is 0.137 e. The van der Waals surface area contributed by atoms with Crippen LogP contribution in [0.15, 0.2) is 22.7 Å². The van der Waals surface area contributed by atoms with Crippen molar-refractivity contribution >= 4 is 15.9 Å². The van der Waals surface area contributed by atoms with E-state index in [1.807, 2.05) is 6.92 Å². The van der Waals surface area contributed by atoms with Gasteiger partial charge in [-0.25, -0.2) is 4.39 Å². The van der Waals surface area contributed by atoms with Gasteiger partial charge in [-0.3, -0.25) is 0 Å². The van der Waals surface area contributed by atoms with Crippen LogP contribution in [-0.2, 0) is 0 Å². The van der Waals surface area contributed by atoms with Crippen molar-refractivity contribution in [2.45, 2.75) is 19.4 Å². The third-order valence-corrected chi connectivity index (χ3v) is 3.01. The van der Waals surface area contributed by atoms with Crippen molar-refractivity contribution in [2.24, 2.45) is 5.73 Å². The quantitative estimate of drug-likeness (QED) is 0.648. The number of hydrogen-bond acceptors (Lipinski definition) is 2. The van der Waals surface area contributed by atoms with E-state index in [0.717, 1.165) is 18.5 Å². The van der Waals surface area contributed by atoms with Crippen molar-refractivity contribution in [3.05, 3.63) is 34.1 Å². The molecule has 0 fully saturated rings. The fraction of sp³-hybridized carbons (Fsp3) is 0.385. The lowest BCUT2D eigenvalue weighted by Crippen LogP contribution is -2.28. The van der Waals surface area contributed by atoms with Gasteiger partial charge in [0.2, 0.25) is 0 Å². The summed E-state index contributed by atoms with van der Waals surface area (Å²) in [7, 11) is 0. The van der Waals surface area contributed by atoms with Gasteiger partial charge in [-0.05, 0) is 40.5 Å². The van der Waals surface area contributed by atoms with E-state index in [0.29, 0.717) is 11.0 Å². The predicted molar refractivity (Wildman–Crippen MR) is 72.0 cm³/mol. The fourth-order valence-electron chi connectivity index (χ4n) is 1.50. The molecular weight excluding hydrogens is 283 g/mol. The Morgan fingerprint density at radius 3 is 2.88 bits per heavy atom. The molecule has 0 aliphatic carbocycles. The summed E-state index contributed by atoms with van der Waals surface area (Å²) < 4.78 is 13.6. The summed E-state index contributed by atoms with van der Waals surface area (Å²) in [6.45, 7) is 3.06. The summed E-state index contributed by atoms with van der Waals surface area (Å²) in [5.74, 6) is 5.55. The van der Waals surface area contributed by atoms with E-state index < -0.39 is 0 Å². The van der Waals surface area contributed by atoms with Gasteiger partial charge in [0, 0.05) is 25.6 Å². The first-order valence-corrected chi connectivity index (χ1v) is 6.26. The van der Waals surface area contributed by atoms with E-state index in [4.69, 9.17) is 5.73 Å². The molecular formula is C13H16BrFN2. The van der Waals surface area contributed by atoms with Crippen molar-refractivity contribution in [1.29, 1.82) is 0 Å². The molecule has 0 saturated heterocycles. The van der Waals surface area contributed by atoms with Crippen molar-refractivity contribution in [2.75, 3.05) is 13.1 Å². The maximum absolute atomic E-state index is 13.1. The molecule has 0 bridgehead atoms. The molecule has 0 saturated carbocycles. The average molecular weight is 299 g/mol. The lowest BCUT2D eigenvalue weighted by Gasteiger charge is -2.17. The topological polar surface area (TPSA) is 38.0 Å². The summed E-state index contributed by atoms with van der Waals surface area (Å²) in [6, 6.07) is 4.97. The molecule has 1 rings (SSSR count). The van der Waals surface area contributed by atoms with Gasteiger partial charge in [0.05, 0.1) is 4.47 Å². The second kappa shape index (κ2) is 7.44. The zero-order valence-electron chi connectivity index (χ0n) is 9.76. The summed E-state index contributed by atoms with van der Waals surface area (Å²) in [5.41, 5.74) is 6.68. The Balaban J connectivity index is 2.64. The van der Waals surface area contributed by atoms with Crippen LogP contribution in [0.5, 0.6) is 0 Å². The van der Waals surface area contributed by atoms with Crippen LogP contribution in [0.25, 0.3) is 0 Å². The van der Waals surface area contributed by atoms with E-state index in [1.165, 1.54) is 6.07 Å². The first-order chi connectivity index (χ1) is 8.19. The first kappa shape index (κ1) is 14.2. The Morgan fingerprint density at radius 2 is 2.29 bits per heavy atom. The minimum atomic E-state index is -0.263. The van der Waals surface area contributed by atoms with Crippen LogP contribution in [0.4, 0.5) is 4.39 Å². The molecule has 0 aliphatic heterocycles. The Kier molecular flexibility index (Phi) is 6.20. The Bertz CT molecular complexity index is 423. The molecule has 1 aromatic carbocycles. The minimum Gasteiger partial charge on any atom is -0.329 e. The Morgan fingerprint density at radius 1 is 1.53 bits per heavy atom. The molecule has 0 spiro atoms. The molecule has 0 amide bonds. The van der Waals surface area contributed by atoms with Crippen molar-refractivity contribution in [1.82, 2.24) is 5.32 Å². The summed E-state index contributed by atoms with van der Waals surface area (Å²) >= 11 is 3.17. The largest absolute Gasteiger partial charge is 0.329 e. The lowest BCUT2D eigenvalue weighted by molar-refractivity contribution is 0.547. The SMILES string of the molecule is CC#CCCNC(CN)c1ccc(F)c(Br)c1. The average Bonchev–Trinajstić information content (AvgIpc) is 2.33. The molecule has 3 N–H and O–H groups in total. The lowest BCUT2D eigenvalue weighted by atomic mass is 10.1. The standard InChI is InChI=1S/C13H16BrFN2/c1-2-3-4-7-17-13(9-16)10-5-6-12(15)11(14)8-10/h5-6,8,13,17H,4,7,9,16H2,1H3. The zero-order valence-corrected chi connectivity index (χ0v) is 11.3. The van der Waals surface area contributed by atoms with Crippen molar-refractivity contribution < 1.29 is 4.39 Å². The van der Waals surface area contributed by atoms with Crippen LogP contribution in [0, 0.1) is 17.7 Å². The van der Waals surface area contributed by atoms with E-state index in [1.54, 1.807) is 12.1 Å². The molecule has 0 heterocycles. The highest BCUT2D eigenvalue weighted by molar-refractivity contribution is 9.10. The van der Waals surface area contributed by atoms with Gasteiger partial charge in [-0.2, -0.15) is 0 Å². The number of halogens is 2. The van der Waals surface area contributed by atoms with Gasteiger partial charge in [-0.15, -0.1) is 11.8 Å². The first-order valence-electron chi connectivity index (χ1n) is 5.47. The molecule has 17 heavy (non-hydrogen) atoms. The highest BCUT2D eigenvalue weighted by atomic mass is 79.9. The summed E-state index contributed by atoms with van der Waals surface area (Å²) in [4.78, 5) is 0. The zero-order chi connectivity index (χ0) is 12.7. The molecule has 1 aromatic rings.